The Kier molecular flexibility index (Phi) is 3.61. The summed E-state index contributed by atoms with van der Waals surface area (Å²) in [4.78, 5) is 2.52. The van der Waals surface area contributed by atoms with Gasteiger partial charge in [-0.3, -0.25) is 4.90 Å². The van der Waals surface area contributed by atoms with E-state index in [1.807, 2.05) is 11.3 Å². The second-order valence-corrected chi connectivity index (χ2v) is 5.73. The first-order chi connectivity index (χ1) is 8.86. The molecule has 0 amide bonds. The lowest BCUT2D eigenvalue weighted by Crippen LogP contribution is -2.42. The highest BCUT2D eigenvalue weighted by Crippen LogP contribution is 2.28. The van der Waals surface area contributed by atoms with Gasteiger partial charge in [0.15, 0.2) is 0 Å². The van der Waals surface area contributed by atoms with Gasteiger partial charge in [0.2, 0.25) is 0 Å². The predicted molar refractivity (Wildman–Crippen MR) is 77.9 cm³/mol. The average molecular weight is 261 g/mol. The van der Waals surface area contributed by atoms with Crippen molar-refractivity contribution in [3.8, 4) is 0 Å². The van der Waals surface area contributed by atoms with Crippen LogP contribution in [0.2, 0.25) is 0 Å². The third-order valence-corrected chi connectivity index (χ3v) is 4.57. The number of benzene rings is 1. The van der Waals surface area contributed by atoms with E-state index in [-0.39, 0.29) is 0 Å². The van der Waals surface area contributed by atoms with Crippen LogP contribution < -0.4 is 11.1 Å². The number of rotatable bonds is 3. The summed E-state index contributed by atoms with van der Waals surface area (Å²) in [5.41, 5.74) is 8.40. The molecule has 3 rings (SSSR count). The zero-order valence-corrected chi connectivity index (χ0v) is 11.3. The largest absolute Gasteiger partial charge is 0.326 e. The number of thiophene rings is 1. The van der Waals surface area contributed by atoms with Gasteiger partial charge in [-0.05, 0) is 34.0 Å². The van der Waals surface area contributed by atoms with Crippen LogP contribution in [0, 0.1) is 0 Å². The molecule has 96 valence electrons. The van der Waals surface area contributed by atoms with Crippen LogP contribution in [0.15, 0.2) is 23.6 Å². The van der Waals surface area contributed by atoms with Gasteiger partial charge in [-0.1, -0.05) is 6.07 Å². The Labute approximate surface area is 112 Å². The summed E-state index contributed by atoms with van der Waals surface area (Å²) in [6, 6.07) is 6.58. The molecule has 0 saturated carbocycles. The fraction of sp³-hybridized carbons (Fsp3) is 0.429. The van der Waals surface area contributed by atoms with Crippen molar-refractivity contribution < 1.29 is 0 Å². The van der Waals surface area contributed by atoms with Gasteiger partial charge in [0.1, 0.15) is 0 Å². The van der Waals surface area contributed by atoms with E-state index in [9.17, 15) is 0 Å². The molecule has 1 aliphatic heterocycles. The fourth-order valence-electron chi connectivity index (χ4n) is 2.49. The lowest BCUT2D eigenvalue weighted by Gasteiger charge is -2.26. The molecule has 0 unspecified atom stereocenters. The van der Waals surface area contributed by atoms with E-state index in [1.54, 1.807) is 0 Å². The molecule has 18 heavy (non-hydrogen) atoms. The number of nitrogens with zero attached hydrogens (tertiary/aromatic N) is 1. The van der Waals surface area contributed by atoms with Crippen LogP contribution in [-0.2, 0) is 13.1 Å². The molecule has 1 aromatic carbocycles. The molecule has 1 fully saturated rings. The van der Waals surface area contributed by atoms with Gasteiger partial charge in [0.25, 0.3) is 0 Å². The molecular weight excluding hydrogens is 242 g/mol. The summed E-state index contributed by atoms with van der Waals surface area (Å²) in [6.45, 7) is 6.20. The van der Waals surface area contributed by atoms with E-state index in [0.29, 0.717) is 6.54 Å². The Bertz CT molecular complexity index is 529. The minimum atomic E-state index is 0.624. The van der Waals surface area contributed by atoms with E-state index in [1.165, 1.54) is 21.2 Å². The summed E-state index contributed by atoms with van der Waals surface area (Å²) < 4.78 is 1.37. The SMILES string of the molecule is NCc1ccc2scc(CN3CCNCC3)c2c1. The molecule has 1 aliphatic rings. The topological polar surface area (TPSA) is 41.3 Å². The van der Waals surface area contributed by atoms with Crippen LogP contribution in [0.1, 0.15) is 11.1 Å². The Morgan fingerprint density at radius 3 is 2.89 bits per heavy atom. The molecule has 0 aliphatic carbocycles. The number of nitrogens with one attached hydrogen (secondary N) is 1. The van der Waals surface area contributed by atoms with E-state index in [4.69, 9.17) is 5.73 Å². The lowest BCUT2D eigenvalue weighted by atomic mass is 10.1. The highest BCUT2D eigenvalue weighted by atomic mass is 32.1. The van der Waals surface area contributed by atoms with Crippen LogP contribution in [0.5, 0.6) is 0 Å². The zero-order chi connectivity index (χ0) is 12.4. The Hall–Kier alpha value is -0.940. The molecule has 0 bridgehead atoms. The number of hydrogen-bond acceptors (Lipinski definition) is 4. The molecule has 3 N–H and O–H groups in total. The van der Waals surface area contributed by atoms with Crippen LogP contribution in [0.25, 0.3) is 10.1 Å². The molecule has 4 heteroatoms. The molecule has 1 saturated heterocycles. The van der Waals surface area contributed by atoms with Crippen molar-refractivity contribution in [2.75, 3.05) is 26.2 Å². The Balaban J connectivity index is 1.86. The first-order valence-electron chi connectivity index (χ1n) is 6.49. The highest BCUT2D eigenvalue weighted by molar-refractivity contribution is 7.17. The molecule has 2 aromatic rings. The summed E-state index contributed by atoms with van der Waals surface area (Å²) in [7, 11) is 0. The van der Waals surface area contributed by atoms with Crippen molar-refractivity contribution in [3.05, 3.63) is 34.7 Å². The summed E-state index contributed by atoms with van der Waals surface area (Å²) in [5, 5.41) is 7.08. The molecule has 1 aromatic heterocycles. The predicted octanol–water partition coefficient (Wildman–Crippen LogP) is 1.77. The summed E-state index contributed by atoms with van der Waals surface area (Å²) in [5.74, 6) is 0. The van der Waals surface area contributed by atoms with Crippen LogP contribution in [0.3, 0.4) is 0 Å². The molecule has 0 spiro atoms. The first-order valence-corrected chi connectivity index (χ1v) is 7.37. The summed E-state index contributed by atoms with van der Waals surface area (Å²) in [6.07, 6.45) is 0. The standard InChI is InChI=1S/C14H19N3S/c15-8-11-1-2-14-13(7-11)12(10-18-14)9-17-5-3-16-4-6-17/h1-2,7,10,16H,3-6,8-9,15H2. The third kappa shape index (κ3) is 2.42. The molecule has 0 atom stereocenters. The first kappa shape index (κ1) is 12.1. The third-order valence-electron chi connectivity index (χ3n) is 3.56. The maximum atomic E-state index is 5.73. The minimum absolute atomic E-state index is 0.624. The van der Waals surface area contributed by atoms with E-state index in [0.717, 1.165) is 32.7 Å². The van der Waals surface area contributed by atoms with Gasteiger partial charge in [-0.2, -0.15) is 0 Å². The van der Waals surface area contributed by atoms with Crippen molar-refractivity contribution in [2.24, 2.45) is 5.73 Å². The maximum Gasteiger partial charge on any atom is 0.0346 e. The maximum absolute atomic E-state index is 5.73. The fourth-order valence-corrected chi connectivity index (χ4v) is 3.42. The minimum Gasteiger partial charge on any atom is -0.326 e. The van der Waals surface area contributed by atoms with Crippen LogP contribution in [0.4, 0.5) is 0 Å². The smallest absolute Gasteiger partial charge is 0.0346 e. The van der Waals surface area contributed by atoms with E-state index < -0.39 is 0 Å². The Morgan fingerprint density at radius 1 is 1.28 bits per heavy atom. The second kappa shape index (κ2) is 5.36. The van der Waals surface area contributed by atoms with Crippen LogP contribution >= 0.6 is 11.3 Å². The van der Waals surface area contributed by atoms with Gasteiger partial charge >= 0.3 is 0 Å². The molecular formula is C14H19N3S. The van der Waals surface area contributed by atoms with Gasteiger partial charge in [0.05, 0.1) is 0 Å². The van der Waals surface area contributed by atoms with Crippen molar-refractivity contribution in [3.63, 3.8) is 0 Å². The van der Waals surface area contributed by atoms with Crippen LogP contribution in [-0.4, -0.2) is 31.1 Å². The van der Waals surface area contributed by atoms with Gasteiger partial charge in [0, 0.05) is 44.0 Å². The lowest BCUT2D eigenvalue weighted by molar-refractivity contribution is 0.234. The number of fused-ring (bicyclic) bond motifs is 1. The number of hydrogen-bond donors (Lipinski definition) is 2. The highest BCUT2D eigenvalue weighted by Gasteiger charge is 2.12. The van der Waals surface area contributed by atoms with Crippen molar-refractivity contribution >= 4 is 21.4 Å². The average Bonchev–Trinajstić information content (AvgIpc) is 2.82. The van der Waals surface area contributed by atoms with Crippen molar-refractivity contribution in [2.45, 2.75) is 13.1 Å². The number of nitrogens with two attached hydrogens (primary N) is 1. The van der Waals surface area contributed by atoms with Gasteiger partial charge in [-0.25, -0.2) is 0 Å². The number of piperazine rings is 1. The molecule has 0 radical (unpaired) electrons. The van der Waals surface area contributed by atoms with Crippen molar-refractivity contribution in [1.82, 2.24) is 10.2 Å². The van der Waals surface area contributed by atoms with Crippen molar-refractivity contribution in [1.29, 1.82) is 0 Å². The quantitative estimate of drug-likeness (QED) is 0.884. The van der Waals surface area contributed by atoms with Gasteiger partial charge < -0.3 is 11.1 Å². The second-order valence-electron chi connectivity index (χ2n) is 4.82. The zero-order valence-electron chi connectivity index (χ0n) is 10.5. The monoisotopic (exact) mass is 261 g/mol. The molecule has 3 nitrogen and oxygen atoms in total. The summed E-state index contributed by atoms with van der Waals surface area (Å²) >= 11 is 1.84. The Morgan fingerprint density at radius 2 is 2.11 bits per heavy atom. The van der Waals surface area contributed by atoms with Gasteiger partial charge in [-0.15, -0.1) is 11.3 Å². The van der Waals surface area contributed by atoms with E-state index >= 15 is 0 Å². The molecule has 2 heterocycles. The van der Waals surface area contributed by atoms with E-state index in [2.05, 4.69) is 33.8 Å². The normalized spacial score (nSPS) is 17.4.